The van der Waals surface area contributed by atoms with E-state index in [-0.39, 0.29) is 0 Å². The molecule has 0 N–H and O–H groups in total. The van der Waals surface area contributed by atoms with Gasteiger partial charge in [-0.2, -0.15) is 0 Å². The van der Waals surface area contributed by atoms with E-state index >= 15 is 0 Å². The average molecular weight is 287 g/mol. The van der Waals surface area contributed by atoms with Gasteiger partial charge in [0.15, 0.2) is 0 Å². The van der Waals surface area contributed by atoms with Crippen LogP contribution in [0.15, 0.2) is 0 Å². The van der Waals surface area contributed by atoms with Crippen molar-refractivity contribution in [2.75, 3.05) is 0 Å². The summed E-state index contributed by atoms with van der Waals surface area (Å²) >= 11 is 0. The second-order valence-corrected chi connectivity index (χ2v) is 18.5. The van der Waals surface area contributed by atoms with Crippen LogP contribution in [0.3, 0.4) is 0 Å². The molecule has 0 aliphatic rings. The van der Waals surface area contributed by atoms with Crippen molar-refractivity contribution in [3.8, 4) is 0 Å². The van der Waals surface area contributed by atoms with Crippen LogP contribution in [-0.4, -0.2) is 16.1 Å². The molecular weight excluding hydrogens is 248 g/mol. The van der Waals surface area contributed by atoms with Gasteiger partial charge < -0.3 is 0 Å². The molecule has 0 unspecified atom stereocenters. The van der Waals surface area contributed by atoms with Gasteiger partial charge in [-0.1, -0.05) is 103 Å². The third-order valence-corrected chi connectivity index (χ3v) is 10.8. The Morgan fingerprint density at radius 1 is 0.556 bits per heavy atom. The van der Waals surface area contributed by atoms with Gasteiger partial charge >= 0.3 is 0 Å². The molecule has 0 radical (unpaired) electrons. The lowest BCUT2D eigenvalue weighted by atomic mass is 10.4. The predicted molar refractivity (Wildman–Crippen MR) is 93.2 cm³/mol. The minimum Gasteiger partial charge on any atom is -0.0695 e. The lowest BCUT2D eigenvalue weighted by Crippen LogP contribution is -2.29. The Hall–Kier alpha value is 0.434. The van der Waals surface area contributed by atoms with Crippen molar-refractivity contribution >= 4 is 16.1 Å². The van der Waals surface area contributed by atoms with Crippen molar-refractivity contribution in [3.05, 3.63) is 0 Å². The zero-order valence-corrected chi connectivity index (χ0v) is 16.1. The smallest absolute Gasteiger partial charge is 0.0504 e. The molecule has 0 aliphatic heterocycles. The minimum atomic E-state index is -0.872. The molecule has 0 aromatic carbocycles. The third-order valence-electron chi connectivity index (χ3n) is 4.22. The van der Waals surface area contributed by atoms with E-state index in [1.807, 2.05) is 0 Å². The quantitative estimate of drug-likeness (QED) is 0.290. The Morgan fingerprint density at radius 2 is 0.944 bits per heavy atom. The van der Waals surface area contributed by atoms with E-state index in [0.717, 1.165) is 0 Å². The molecule has 0 aliphatic carbocycles. The van der Waals surface area contributed by atoms with Crippen LogP contribution in [0.2, 0.25) is 50.4 Å². The molecule has 0 bridgehead atoms. The zero-order valence-electron chi connectivity index (χ0n) is 14.1. The van der Waals surface area contributed by atoms with Crippen LogP contribution in [0.4, 0.5) is 0 Å². The van der Waals surface area contributed by atoms with Crippen molar-refractivity contribution in [1.29, 1.82) is 0 Å². The van der Waals surface area contributed by atoms with Gasteiger partial charge in [-0.25, -0.2) is 0 Å². The molecule has 0 aromatic rings. The van der Waals surface area contributed by atoms with E-state index in [2.05, 4.69) is 40.0 Å². The van der Waals surface area contributed by atoms with Gasteiger partial charge in [0, 0.05) is 8.07 Å². The fourth-order valence-electron chi connectivity index (χ4n) is 2.79. The second-order valence-electron chi connectivity index (χ2n) is 7.79. The van der Waals surface area contributed by atoms with Gasteiger partial charge in [-0.3, -0.25) is 0 Å². The number of rotatable bonds is 11. The van der Waals surface area contributed by atoms with E-state index in [1.54, 1.807) is 24.2 Å². The summed E-state index contributed by atoms with van der Waals surface area (Å²) in [5.41, 5.74) is 0. The average Bonchev–Trinajstić information content (AvgIpc) is 2.29. The van der Waals surface area contributed by atoms with Crippen molar-refractivity contribution in [3.63, 3.8) is 0 Å². The summed E-state index contributed by atoms with van der Waals surface area (Å²) in [6.45, 7) is 14.9. The highest BCUT2D eigenvalue weighted by atomic mass is 28.3. The fourth-order valence-corrected chi connectivity index (χ4v) is 8.37. The Bertz CT molecular complexity index is 186. The Balaban J connectivity index is 3.99. The molecule has 2 heteroatoms. The fraction of sp³-hybridized carbons (Fsp3) is 1.00. The van der Waals surface area contributed by atoms with Crippen LogP contribution in [0.5, 0.6) is 0 Å². The number of unbranched alkanes of at least 4 members (excludes halogenated alkanes) is 3. The van der Waals surface area contributed by atoms with Crippen LogP contribution in [0.1, 0.15) is 52.4 Å². The van der Waals surface area contributed by atoms with Crippen molar-refractivity contribution in [2.45, 2.75) is 103 Å². The topological polar surface area (TPSA) is 0 Å². The van der Waals surface area contributed by atoms with Crippen molar-refractivity contribution in [1.82, 2.24) is 0 Å². The first kappa shape index (κ1) is 18.4. The maximum Gasteiger partial charge on any atom is 0.0504 e. The highest BCUT2D eigenvalue weighted by molar-refractivity contribution is 6.78. The van der Waals surface area contributed by atoms with Crippen LogP contribution >= 0.6 is 0 Å². The standard InChI is InChI=1S/C16H38Si2/c1-7-9-14-18(6,15-10-8-2)16-12-11-13-17(3,4)5/h7-16H2,1-6H3. The highest BCUT2D eigenvalue weighted by Gasteiger charge is 2.25. The third kappa shape index (κ3) is 10.4. The Morgan fingerprint density at radius 3 is 1.33 bits per heavy atom. The maximum atomic E-state index is 2.69. The molecule has 0 amide bonds. The lowest BCUT2D eigenvalue weighted by Gasteiger charge is -2.28. The summed E-state index contributed by atoms with van der Waals surface area (Å²) in [6.07, 6.45) is 8.80. The van der Waals surface area contributed by atoms with Crippen LogP contribution in [0, 0.1) is 0 Å². The predicted octanol–water partition coefficient (Wildman–Crippen LogP) is 6.78. The summed E-state index contributed by atoms with van der Waals surface area (Å²) in [5.74, 6) is 0. The van der Waals surface area contributed by atoms with Crippen LogP contribution in [0.25, 0.3) is 0 Å². The van der Waals surface area contributed by atoms with E-state index in [0.29, 0.717) is 0 Å². The number of hydrogen-bond donors (Lipinski definition) is 0. The molecule has 0 heterocycles. The maximum absolute atomic E-state index is 2.69. The Labute approximate surface area is 119 Å². The minimum absolute atomic E-state index is 0.789. The zero-order chi connectivity index (χ0) is 14.1. The molecule has 0 saturated carbocycles. The SMILES string of the molecule is CCCC[Si](C)(CCCC)CCCC[Si](C)(C)C. The van der Waals surface area contributed by atoms with Crippen molar-refractivity contribution < 1.29 is 0 Å². The lowest BCUT2D eigenvalue weighted by molar-refractivity contribution is 0.791. The first-order valence-electron chi connectivity index (χ1n) is 8.33. The number of hydrogen-bond acceptors (Lipinski definition) is 0. The molecular formula is C16H38Si2. The summed E-state index contributed by atoms with van der Waals surface area (Å²) < 4.78 is 0. The summed E-state index contributed by atoms with van der Waals surface area (Å²) in [7, 11) is -1.66. The molecule has 0 fully saturated rings. The molecule has 18 heavy (non-hydrogen) atoms. The summed E-state index contributed by atoms with van der Waals surface area (Å²) in [5, 5.41) is 0. The first-order chi connectivity index (χ1) is 8.33. The largest absolute Gasteiger partial charge is 0.0695 e. The molecule has 0 atom stereocenters. The normalized spacial score (nSPS) is 13.0. The van der Waals surface area contributed by atoms with Gasteiger partial charge in [-0.05, 0) is 0 Å². The molecule has 0 saturated heterocycles. The van der Waals surface area contributed by atoms with Crippen LogP contribution < -0.4 is 0 Å². The van der Waals surface area contributed by atoms with E-state index in [9.17, 15) is 0 Å². The molecule has 0 aromatic heterocycles. The van der Waals surface area contributed by atoms with Gasteiger partial charge in [0.2, 0.25) is 0 Å². The highest BCUT2D eigenvalue weighted by Crippen LogP contribution is 2.29. The molecule has 0 spiro atoms. The van der Waals surface area contributed by atoms with E-state index in [1.165, 1.54) is 38.5 Å². The van der Waals surface area contributed by atoms with Gasteiger partial charge in [0.05, 0.1) is 8.07 Å². The van der Waals surface area contributed by atoms with Gasteiger partial charge in [0.25, 0.3) is 0 Å². The van der Waals surface area contributed by atoms with Crippen LogP contribution in [-0.2, 0) is 0 Å². The molecule has 110 valence electrons. The monoisotopic (exact) mass is 286 g/mol. The van der Waals surface area contributed by atoms with Crippen molar-refractivity contribution in [2.24, 2.45) is 0 Å². The van der Waals surface area contributed by atoms with E-state index < -0.39 is 16.1 Å². The van der Waals surface area contributed by atoms with E-state index in [4.69, 9.17) is 0 Å². The van der Waals surface area contributed by atoms with Gasteiger partial charge in [0.1, 0.15) is 0 Å². The second kappa shape index (κ2) is 9.36. The molecule has 0 nitrogen and oxygen atoms in total. The van der Waals surface area contributed by atoms with Gasteiger partial charge in [-0.15, -0.1) is 0 Å². The summed E-state index contributed by atoms with van der Waals surface area (Å²) in [6, 6.07) is 6.34. The Kier molecular flexibility index (Phi) is 9.58. The summed E-state index contributed by atoms with van der Waals surface area (Å²) in [4.78, 5) is 0. The molecule has 0 rings (SSSR count). The first-order valence-corrected chi connectivity index (χ1v) is 15.2.